The van der Waals surface area contributed by atoms with Gasteiger partial charge in [-0.15, -0.1) is 0 Å². The zero-order valence-corrected chi connectivity index (χ0v) is 10.1. The maximum absolute atomic E-state index is 11.4. The van der Waals surface area contributed by atoms with Gasteiger partial charge in [-0.1, -0.05) is 0 Å². The van der Waals surface area contributed by atoms with Gasteiger partial charge in [0.15, 0.2) is 0 Å². The largest absolute Gasteiger partial charge is 0.314 e. The highest BCUT2D eigenvalue weighted by atomic mass is 32.2. The molecule has 0 aromatic carbocycles. The fourth-order valence-corrected chi connectivity index (χ4v) is 3.06. The van der Waals surface area contributed by atoms with Crippen molar-refractivity contribution >= 4 is 10.0 Å². The summed E-state index contributed by atoms with van der Waals surface area (Å²) in [4.78, 5) is 0. The van der Waals surface area contributed by atoms with Crippen LogP contribution in [0.5, 0.6) is 0 Å². The lowest BCUT2D eigenvalue weighted by Gasteiger charge is -2.31. The normalized spacial score (nSPS) is 29.3. The Kier molecular flexibility index (Phi) is 3.33. The quantitative estimate of drug-likeness (QED) is 0.764. The number of rotatable bonds is 4. The smallest absolute Gasteiger partial charge is 0.211 e. The van der Waals surface area contributed by atoms with Crippen LogP contribution < -0.4 is 5.32 Å². The fraction of sp³-hybridized carbons (Fsp3) is 1.00. The van der Waals surface area contributed by atoms with Gasteiger partial charge in [0.2, 0.25) is 10.0 Å². The van der Waals surface area contributed by atoms with Gasteiger partial charge in [0, 0.05) is 19.1 Å². The molecule has 1 saturated heterocycles. The molecule has 4 nitrogen and oxygen atoms in total. The summed E-state index contributed by atoms with van der Waals surface area (Å²) in [5.41, 5.74) is 0. The lowest BCUT2D eigenvalue weighted by Crippen LogP contribution is -2.42. The summed E-state index contributed by atoms with van der Waals surface area (Å²) < 4.78 is 24.4. The molecule has 1 heterocycles. The summed E-state index contributed by atoms with van der Waals surface area (Å²) in [6.07, 6.45) is 6.06. The summed E-state index contributed by atoms with van der Waals surface area (Å²) >= 11 is 0. The Morgan fingerprint density at radius 3 is 2.67 bits per heavy atom. The lowest BCUT2D eigenvalue weighted by molar-refractivity contribution is 0.261. The first-order chi connectivity index (χ1) is 7.05. The van der Waals surface area contributed by atoms with E-state index in [1.165, 1.54) is 19.1 Å². The Balaban J connectivity index is 1.80. The number of hydrogen-bond donors (Lipinski definition) is 1. The van der Waals surface area contributed by atoms with Crippen molar-refractivity contribution in [1.82, 2.24) is 9.62 Å². The minimum atomic E-state index is -2.98. The molecule has 1 unspecified atom stereocenters. The van der Waals surface area contributed by atoms with Gasteiger partial charge >= 0.3 is 0 Å². The zero-order chi connectivity index (χ0) is 10.9. The molecule has 2 aliphatic rings. The van der Waals surface area contributed by atoms with Crippen molar-refractivity contribution in [3.63, 3.8) is 0 Å². The van der Waals surface area contributed by atoms with E-state index in [2.05, 4.69) is 5.32 Å². The van der Waals surface area contributed by atoms with E-state index in [-0.39, 0.29) is 0 Å². The van der Waals surface area contributed by atoms with E-state index in [1.54, 1.807) is 4.31 Å². The Labute approximate surface area is 92.1 Å². The van der Waals surface area contributed by atoms with Gasteiger partial charge in [-0.05, 0) is 38.1 Å². The van der Waals surface area contributed by atoms with Crippen LogP contribution in [-0.2, 0) is 10.0 Å². The van der Waals surface area contributed by atoms with Crippen LogP contribution in [0, 0.1) is 5.92 Å². The van der Waals surface area contributed by atoms with Gasteiger partial charge in [0.1, 0.15) is 0 Å². The van der Waals surface area contributed by atoms with Gasteiger partial charge in [-0.3, -0.25) is 0 Å². The third-order valence-electron chi connectivity index (χ3n) is 3.22. The summed E-state index contributed by atoms with van der Waals surface area (Å²) in [5, 5.41) is 3.48. The summed E-state index contributed by atoms with van der Waals surface area (Å²) in [6.45, 7) is 2.40. The predicted octanol–water partition coefficient (Wildman–Crippen LogP) is 0.410. The number of nitrogens with one attached hydrogen (secondary N) is 1. The lowest BCUT2D eigenvalue weighted by atomic mass is 10.00. The predicted molar refractivity (Wildman–Crippen MR) is 60.2 cm³/mol. The van der Waals surface area contributed by atoms with Gasteiger partial charge < -0.3 is 5.32 Å². The van der Waals surface area contributed by atoms with Gasteiger partial charge in [-0.25, -0.2) is 12.7 Å². The van der Waals surface area contributed by atoms with E-state index in [0.717, 1.165) is 25.4 Å². The van der Waals surface area contributed by atoms with Crippen molar-refractivity contribution in [3.8, 4) is 0 Å². The molecule has 1 saturated carbocycles. The summed E-state index contributed by atoms with van der Waals surface area (Å²) in [6, 6.07) is 0.721. The van der Waals surface area contributed by atoms with Crippen LogP contribution in [0.25, 0.3) is 0 Å². The molecule has 0 spiro atoms. The molecule has 0 aromatic rings. The number of piperidine rings is 1. The Morgan fingerprint density at radius 2 is 2.07 bits per heavy atom. The van der Waals surface area contributed by atoms with Crippen LogP contribution in [0.4, 0.5) is 0 Å². The molecule has 1 aliphatic carbocycles. The van der Waals surface area contributed by atoms with Gasteiger partial charge in [0.05, 0.1) is 6.26 Å². The second kappa shape index (κ2) is 4.39. The highest BCUT2D eigenvalue weighted by Gasteiger charge is 2.27. The topological polar surface area (TPSA) is 49.4 Å². The van der Waals surface area contributed by atoms with Crippen LogP contribution in [0.2, 0.25) is 0 Å². The van der Waals surface area contributed by atoms with E-state index in [0.29, 0.717) is 19.0 Å². The molecule has 15 heavy (non-hydrogen) atoms. The number of nitrogens with zero attached hydrogens (tertiary/aromatic N) is 1. The second-order valence-electron chi connectivity index (χ2n) is 4.81. The van der Waals surface area contributed by atoms with E-state index < -0.39 is 10.0 Å². The van der Waals surface area contributed by atoms with Gasteiger partial charge in [-0.2, -0.15) is 0 Å². The molecule has 5 heteroatoms. The second-order valence-corrected chi connectivity index (χ2v) is 6.79. The number of sulfonamides is 1. The minimum absolute atomic E-state index is 0.508. The van der Waals surface area contributed by atoms with Crippen molar-refractivity contribution < 1.29 is 8.42 Å². The van der Waals surface area contributed by atoms with Crippen LogP contribution in [-0.4, -0.2) is 44.7 Å². The third kappa shape index (κ3) is 3.43. The molecule has 1 atom stereocenters. The average molecular weight is 232 g/mol. The van der Waals surface area contributed by atoms with E-state index in [1.807, 2.05) is 0 Å². The molecule has 2 rings (SSSR count). The molecule has 1 aliphatic heterocycles. The minimum Gasteiger partial charge on any atom is -0.314 e. The molecule has 1 N–H and O–H groups in total. The van der Waals surface area contributed by atoms with E-state index in [9.17, 15) is 8.42 Å². The van der Waals surface area contributed by atoms with E-state index >= 15 is 0 Å². The Hall–Kier alpha value is -0.130. The highest BCUT2D eigenvalue weighted by Crippen LogP contribution is 2.22. The standard InChI is InChI=1S/C10H20N2O2S/c1-15(13,14)12-6-2-3-9(8-12)7-11-10-4-5-10/h9-11H,2-8H2,1H3. The molecular weight excluding hydrogens is 212 g/mol. The molecule has 0 amide bonds. The summed E-state index contributed by atoms with van der Waals surface area (Å²) in [7, 11) is -2.98. The van der Waals surface area contributed by atoms with Crippen LogP contribution >= 0.6 is 0 Å². The Morgan fingerprint density at radius 1 is 1.33 bits per heavy atom. The SMILES string of the molecule is CS(=O)(=O)N1CCCC(CNC2CC2)C1. The van der Waals surface area contributed by atoms with Crippen molar-refractivity contribution in [2.24, 2.45) is 5.92 Å². The molecule has 88 valence electrons. The van der Waals surface area contributed by atoms with Crippen LogP contribution in [0.3, 0.4) is 0 Å². The summed E-state index contributed by atoms with van der Waals surface area (Å²) in [5.74, 6) is 0.508. The molecule has 0 aromatic heterocycles. The molecular formula is C10H20N2O2S. The molecule has 0 bridgehead atoms. The van der Waals surface area contributed by atoms with Gasteiger partial charge in [0.25, 0.3) is 0 Å². The monoisotopic (exact) mass is 232 g/mol. The van der Waals surface area contributed by atoms with Crippen molar-refractivity contribution in [1.29, 1.82) is 0 Å². The first kappa shape index (κ1) is 11.4. The average Bonchev–Trinajstić information content (AvgIpc) is 2.97. The first-order valence-electron chi connectivity index (χ1n) is 5.74. The van der Waals surface area contributed by atoms with Crippen molar-refractivity contribution in [3.05, 3.63) is 0 Å². The zero-order valence-electron chi connectivity index (χ0n) is 9.28. The van der Waals surface area contributed by atoms with Crippen molar-refractivity contribution in [2.75, 3.05) is 25.9 Å². The fourth-order valence-electron chi connectivity index (χ4n) is 2.12. The molecule has 2 fully saturated rings. The highest BCUT2D eigenvalue weighted by molar-refractivity contribution is 7.88. The third-order valence-corrected chi connectivity index (χ3v) is 4.49. The van der Waals surface area contributed by atoms with Crippen LogP contribution in [0.15, 0.2) is 0 Å². The van der Waals surface area contributed by atoms with Crippen LogP contribution in [0.1, 0.15) is 25.7 Å². The first-order valence-corrected chi connectivity index (χ1v) is 7.59. The Bertz CT molecular complexity index is 311. The van der Waals surface area contributed by atoms with Crippen molar-refractivity contribution in [2.45, 2.75) is 31.7 Å². The number of hydrogen-bond acceptors (Lipinski definition) is 3. The maximum Gasteiger partial charge on any atom is 0.211 e. The van der Waals surface area contributed by atoms with E-state index in [4.69, 9.17) is 0 Å². The maximum atomic E-state index is 11.4. The molecule has 0 radical (unpaired) electrons.